The van der Waals surface area contributed by atoms with Gasteiger partial charge in [0.25, 0.3) is 5.56 Å². The molecule has 0 saturated carbocycles. The van der Waals surface area contributed by atoms with Crippen LogP contribution in [0.5, 0.6) is 5.75 Å². The zero-order valence-corrected chi connectivity index (χ0v) is 16.0. The smallest absolute Gasteiger partial charge is 0.261 e. The van der Waals surface area contributed by atoms with Gasteiger partial charge in [-0.2, -0.15) is 0 Å². The van der Waals surface area contributed by atoms with Crippen molar-refractivity contribution in [2.24, 2.45) is 5.92 Å². The van der Waals surface area contributed by atoms with Gasteiger partial charge in [0.05, 0.1) is 24.3 Å². The minimum atomic E-state index is -0.199. The molecule has 5 nitrogen and oxygen atoms in total. The lowest BCUT2D eigenvalue weighted by molar-refractivity contribution is 0.166. The zero-order valence-electron chi connectivity index (χ0n) is 16.0. The van der Waals surface area contributed by atoms with Gasteiger partial charge in [-0.15, -0.1) is 0 Å². The van der Waals surface area contributed by atoms with E-state index in [4.69, 9.17) is 4.74 Å². The van der Waals surface area contributed by atoms with E-state index >= 15 is 0 Å². The number of fused-ring (bicyclic) bond motifs is 1. The Balaban J connectivity index is 1.38. The molecule has 1 fully saturated rings. The molecular weight excluding hydrogens is 357 g/mol. The van der Waals surface area contributed by atoms with Crippen molar-refractivity contribution in [3.05, 3.63) is 70.5 Å². The molecule has 0 bridgehead atoms. The third-order valence-corrected chi connectivity index (χ3v) is 5.51. The Morgan fingerprint density at radius 3 is 2.61 bits per heavy atom. The minimum Gasteiger partial charge on any atom is -0.497 e. The highest BCUT2D eigenvalue weighted by atomic mass is 19.1. The van der Waals surface area contributed by atoms with Crippen LogP contribution in [0.2, 0.25) is 0 Å². The van der Waals surface area contributed by atoms with Gasteiger partial charge in [0.1, 0.15) is 11.6 Å². The Labute approximate surface area is 163 Å². The maximum Gasteiger partial charge on any atom is 0.261 e. The van der Waals surface area contributed by atoms with Crippen LogP contribution < -0.4 is 10.3 Å². The summed E-state index contributed by atoms with van der Waals surface area (Å²) in [6, 6.07) is 12.1. The summed E-state index contributed by atoms with van der Waals surface area (Å²) in [7, 11) is 1.60. The molecule has 2 heterocycles. The lowest BCUT2D eigenvalue weighted by atomic mass is 9.96. The zero-order chi connectivity index (χ0) is 19.5. The number of likely N-dealkylation sites (tertiary alicyclic amines) is 1. The van der Waals surface area contributed by atoms with Crippen LogP contribution >= 0.6 is 0 Å². The summed E-state index contributed by atoms with van der Waals surface area (Å²) in [5.41, 5.74) is 1.79. The van der Waals surface area contributed by atoms with E-state index in [1.807, 2.05) is 12.1 Å². The summed E-state index contributed by atoms with van der Waals surface area (Å²) >= 11 is 0. The van der Waals surface area contributed by atoms with E-state index < -0.39 is 0 Å². The predicted octanol–water partition coefficient (Wildman–Crippen LogP) is 3.46. The molecule has 1 aromatic heterocycles. The molecule has 3 aromatic rings. The number of rotatable bonds is 5. The van der Waals surface area contributed by atoms with Crippen LogP contribution in [-0.2, 0) is 13.1 Å². The Bertz CT molecular complexity index is 1010. The number of aromatic nitrogens is 2. The normalized spacial score (nSPS) is 15.8. The molecule has 0 amide bonds. The third kappa shape index (κ3) is 4.07. The summed E-state index contributed by atoms with van der Waals surface area (Å²) in [5, 5.41) is 0.622. The quantitative estimate of drug-likeness (QED) is 0.679. The Hall–Kier alpha value is -2.73. The van der Waals surface area contributed by atoms with Gasteiger partial charge < -0.3 is 4.74 Å². The van der Waals surface area contributed by atoms with E-state index in [2.05, 4.69) is 9.88 Å². The van der Waals surface area contributed by atoms with Crippen molar-refractivity contribution >= 4 is 10.9 Å². The highest BCUT2D eigenvalue weighted by Gasteiger charge is 2.20. The summed E-state index contributed by atoms with van der Waals surface area (Å²) in [6.45, 7) is 3.49. The summed E-state index contributed by atoms with van der Waals surface area (Å²) in [5.74, 6) is 0.959. The van der Waals surface area contributed by atoms with E-state index in [0.29, 0.717) is 29.1 Å². The summed E-state index contributed by atoms with van der Waals surface area (Å²) in [6.07, 6.45) is 3.72. The lowest BCUT2D eigenvalue weighted by Crippen LogP contribution is -2.36. The molecule has 0 radical (unpaired) electrons. The fraction of sp³-hybridized carbons (Fsp3) is 0.364. The first-order chi connectivity index (χ1) is 13.6. The van der Waals surface area contributed by atoms with Crippen LogP contribution in [0.4, 0.5) is 4.39 Å². The number of nitrogens with zero attached hydrogens (tertiary/aromatic N) is 3. The standard InChI is InChI=1S/C22H24FN3O2/c1-28-19-6-7-20-21(12-19)24-15-26(22(20)27)14-17-8-10-25(11-9-17)13-16-2-4-18(23)5-3-16/h2-7,12,15,17H,8-11,13-14H2,1H3. The van der Waals surface area contributed by atoms with Crippen molar-refractivity contribution in [2.45, 2.75) is 25.9 Å². The number of halogens is 1. The summed E-state index contributed by atoms with van der Waals surface area (Å²) in [4.78, 5) is 19.6. The van der Waals surface area contributed by atoms with Crippen molar-refractivity contribution in [1.29, 1.82) is 0 Å². The third-order valence-electron chi connectivity index (χ3n) is 5.51. The molecular formula is C22H24FN3O2. The van der Waals surface area contributed by atoms with Crippen molar-refractivity contribution in [3.63, 3.8) is 0 Å². The van der Waals surface area contributed by atoms with E-state index in [1.165, 1.54) is 12.1 Å². The van der Waals surface area contributed by atoms with Gasteiger partial charge in [0, 0.05) is 19.2 Å². The van der Waals surface area contributed by atoms with Crippen molar-refractivity contribution in [1.82, 2.24) is 14.5 Å². The highest BCUT2D eigenvalue weighted by Crippen LogP contribution is 2.21. The monoisotopic (exact) mass is 381 g/mol. The largest absolute Gasteiger partial charge is 0.497 e. The number of hydrogen-bond donors (Lipinski definition) is 0. The Morgan fingerprint density at radius 1 is 1.14 bits per heavy atom. The van der Waals surface area contributed by atoms with E-state index in [1.54, 1.807) is 36.2 Å². The Morgan fingerprint density at radius 2 is 1.89 bits per heavy atom. The van der Waals surface area contributed by atoms with Gasteiger partial charge in [0.15, 0.2) is 0 Å². The molecule has 0 spiro atoms. The molecule has 0 aliphatic carbocycles. The van der Waals surface area contributed by atoms with Gasteiger partial charge in [-0.25, -0.2) is 9.37 Å². The van der Waals surface area contributed by atoms with Gasteiger partial charge in [-0.05, 0) is 61.7 Å². The van der Waals surface area contributed by atoms with Crippen molar-refractivity contribution in [3.8, 4) is 5.75 Å². The van der Waals surface area contributed by atoms with E-state index in [0.717, 1.165) is 38.0 Å². The minimum absolute atomic E-state index is 0.00129. The number of methoxy groups -OCH3 is 1. The molecule has 0 atom stereocenters. The average molecular weight is 381 g/mol. The molecule has 1 saturated heterocycles. The molecule has 4 rings (SSSR count). The number of ether oxygens (including phenoxy) is 1. The van der Waals surface area contributed by atoms with Crippen LogP contribution in [-0.4, -0.2) is 34.7 Å². The molecule has 2 aromatic carbocycles. The number of benzene rings is 2. The van der Waals surface area contributed by atoms with E-state index in [-0.39, 0.29) is 11.4 Å². The van der Waals surface area contributed by atoms with Crippen LogP contribution in [0.1, 0.15) is 18.4 Å². The van der Waals surface area contributed by atoms with Crippen molar-refractivity contribution < 1.29 is 9.13 Å². The molecule has 0 unspecified atom stereocenters. The van der Waals surface area contributed by atoms with Gasteiger partial charge in [0.2, 0.25) is 0 Å². The van der Waals surface area contributed by atoms with Gasteiger partial charge in [-0.3, -0.25) is 14.3 Å². The molecule has 146 valence electrons. The van der Waals surface area contributed by atoms with E-state index in [9.17, 15) is 9.18 Å². The fourth-order valence-corrected chi connectivity index (χ4v) is 3.85. The predicted molar refractivity (Wildman–Crippen MR) is 107 cm³/mol. The maximum atomic E-state index is 13.0. The second kappa shape index (κ2) is 8.10. The first kappa shape index (κ1) is 18.6. The molecule has 0 N–H and O–H groups in total. The lowest BCUT2D eigenvalue weighted by Gasteiger charge is -2.32. The maximum absolute atomic E-state index is 13.0. The van der Waals surface area contributed by atoms with Crippen molar-refractivity contribution in [2.75, 3.05) is 20.2 Å². The topological polar surface area (TPSA) is 47.4 Å². The summed E-state index contributed by atoms with van der Waals surface area (Å²) < 4.78 is 20.0. The Kier molecular flexibility index (Phi) is 5.39. The first-order valence-electron chi connectivity index (χ1n) is 9.62. The molecule has 6 heteroatoms. The second-order valence-corrected chi connectivity index (χ2v) is 7.43. The average Bonchev–Trinajstić information content (AvgIpc) is 2.73. The second-order valence-electron chi connectivity index (χ2n) is 7.43. The van der Waals surface area contributed by atoms with Gasteiger partial charge >= 0.3 is 0 Å². The molecule has 28 heavy (non-hydrogen) atoms. The van der Waals surface area contributed by atoms with Crippen LogP contribution in [0.15, 0.2) is 53.6 Å². The van der Waals surface area contributed by atoms with Crippen LogP contribution in [0, 0.1) is 11.7 Å². The first-order valence-corrected chi connectivity index (χ1v) is 9.62. The van der Waals surface area contributed by atoms with Crippen LogP contribution in [0.3, 0.4) is 0 Å². The SMILES string of the molecule is COc1ccc2c(=O)n(CC3CCN(Cc4ccc(F)cc4)CC3)cnc2c1. The van der Waals surface area contributed by atoms with Gasteiger partial charge in [-0.1, -0.05) is 12.1 Å². The number of hydrogen-bond acceptors (Lipinski definition) is 4. The number of piperidine rings is 1. The highest BCUT2D eigenvalue weighted by molar-refractivity contribution is 5.78. The molecule has 1 aliphatic rings. The van der Waals surface area contributed by atoms with Crippen LogP contribution in [0.25, 0.3) is 10.9 Å². The molecule has 1 aliphatic heterocycles. The fourth-order valence-electron chi connectivity index (χ4n) is 3.85.